The molecule has 2 aliphatic rings. The van der Waals surface area contributed by atoms with Crippen molar-refractivity contribution in [2.75, 3.05) is 19.6 Å². The van der Waals surface area contributed by atoms with Crippen LogP contribution < -0.4 is 0 Å². The molecule has 2 heterocycles. The zero-order chi connectivity index (χ0) is 14.4. The highest BCUT2D eigenvalue weighted by molar-refractivity contribution is 5.97. The molecule has 0 spiro atoms. The minimum absolute atomic E-state index is 0.0999. The first-order chi connectivity index (χ1) is 10.2. The zero-order valence-electron chi connectivity index (χ0n) is 12.1. The number of carbonyl (C=O) groups is 1. The molecule has 1 N–H and O–H groups in total. The molecule has 0 radical (unpaired) electrons. The first kappa shape index (κ1) is 12.8. The monoisotopic (exact) mass is 285 g/mol. The van der Waals surface area contributed by atoms with E-state index in [0.717, 1.165) is 36.7 Å². The van der Waals surface area contributed by atoms with Gasteiger partial charge in [0.2, 0.25) is 0 Å². The van der Waals surface area contributed by atoms with E-state index in [9.17, 15) is 4.79 Å². The van der Waals surface area contributed by atoms with E-state index < -0.39 is 0 Å². The number of hydrogen-bond donors (Lipinski definition) is 1. The van der Waals surface area contributed by atoms with Gasteiger partial charge in [-0.1, -0.05) is 0 Å². The van der Waals surface area contributed by atoms with Gasteiger partial charge in [-0.15, -0.1) is 0 Å². The summed E-state index contributed by atoms with van der Waals surface area (Å²) in [7, 11) is 0. The van der Waals surface area contributed by atoms with Crippen molar-refractivity contribution in [3.8, 4) is 0 Å². The lowest BCUT2D eigenvalue weighted by atomic mass is 10.1. The summed E-state index contributed by atoms with van der Waals surface area (Å²) < 4.78 is 0. The third-order valence-electron chi connectivity index (χ3n) is 4.55. The summed E-state index contributed by atoms with van der Waals surface area (Å²) in [4.78, 5) is 17.2. The van der Waals surface area contributed by atoms with Crippen molar-refractivity contribution in [1.29, 1.82) is 0 Å². The quantitative estimate of drug-likeness (QED) is 0.902. The van der Waals surface area contributed by atoms with E-state index in [1.807, 2.05) is 23.1 Å². The van der Waals surface area contributed by atoms with Gasteiger partial charge in [0.1, 0.15) is 11.0 Å². The molecule has 4 rings (SSSR count). The number of fused-ring (bicyclic) bond motifs is 1. The zero-order valence-corrected chi connectivity index (χ0v) is 12.1. The van der Waals surface area contributed by atoms with Crippen molar-refractivity contribution in [3.63, 3.8) is 0 Å². The van der Waals surface area contributed by atoms with E-state index >= 15 is 0 Å². The van der Waals surface area contributed by atoms with Crippen LogP contribution in [0, 0.1) is 0 Å². The maximum absolute atomic E-state index is 12.7. The molecule has 1 aromatic carbocycles. The number of rotatable bonds is 2. The maximum Gasteiger partial charge on any atom is 0.254 e. The van der Waals surface area contributed by atoms with Gasteiger partial charge in [0.15, 0.2) is 0 Å². The number of benzene rings is 1. The van der Waals surface area contributed by atoms with Gasteiger partial charge in [0, 0.05) is 37.3 Å². The van der Waals surface area contributed by atoms with Crippen LogP contribution in [0.25, 0.3) is 11.0 Å². The van der Waals surface area contributed by atoms with Crippen molar-refractivity contribution in [3.05, 3.63) is 23.8 Å². The molecule has 0 bridgehead atoms. The van der Waals surface area contributed by atoms with Gasteiger partial charge >= 0.3 is 0 Å². The van der Waals surface area contributed by atoms with Crippen molar-refractivity contribution in [1.82, 2.24) is 25.2 Å². The molecule has 1 aliphatic carbocycles. The molecule has 1 aliphatic heterocycles. The van der Waals surface area contributed by atoms with Gasteiger partial charge in [-0.25, -0.2) is 0 Å². The highest BCUT2D eigenvalue weighted by atomic mass is 16.2. The fourth-order valence-electron chi connectivity index (χ4n) is 3.20. The van der Waals surface area contributed by atoms with E-state index in [0.29, 0.717) is 5.56 Å². The molecular formula is C15H19N5O. The first-order valence-electron chi connectivity index (χ1n) is 7.58. The van der Waals surface area contributed by atoms with Crippen LogP contribution in [0.3, 0.4) is 0 Å². The summed E-state index contributed by atoms with van der Waals surface area (Å²) >= 11 is 0. The third-order valence-corrected chi connectivity index (χ3v) is 4.55. The molecule has 1 aromatic heterocycles. The number of aromatic amines is 1. The second-order valence-electron chi connectivity index (χ2n) is 6.10. The van der Waals surface area contributed by atoms with Crippen LogP contribution in [0.1, 0.15) is 30.1 Å². The molecule has 2 aromatic rings. The lowest BCUT2D eigenvalue weighted by Gasteiger charge is -2.40. The second-order valence-corrected chi connectivity index (χ2v) is 6.10. The number of aromatic nitrogens is 3. The molecule has 6 heteroatoms. The SMILES string of the molecule is CC1CN(C2CC2)CCN1C(=O)c1ccc2n[nH]nc2c1. The first-order valence-corrected chi connectivity index (χ1v) is 7.58. The van der Waals surface area contributed by atoms with Crippen LogP contribution >= 0.6 is 0 Å². The third kappa shape index (κ3) is 2.29. The molecule has 6 nitrogen and oxygen atoms in total. The van der Waals surface area contributed by atoms with Crippen LogP contribution in [-0.2, 0) is 0 Å². The van der Waals surface area contributed by atoms with Crippen LogP contribution in [0.2, 0.25) is 0 Å². The second kappa shape index (κ2) is 4.80. The van der Waals surface area contributed by atoms with Crippen molar-refractivity contribution >= 4 is 16.9 Å². The maximum atomic E-state index is 12.7. The lowest BCUT2D eigenvalue weighted by Crippen LogP contribution is -2.54. The minimum atomic E-state index is 0.0999. The summed E-state index contributed by atoms with van der Waals surface area (Å²) in [5.41, 5.74) is 2.23. The Kier molecular flexibility index (Phi) is 2.92. The van der Waals surface area contributed by atoms with Gasteiger partial charge < -0.3 is 4.90 Å². The van der Waals surface area contributed by atoms with Crippen LogP contribution in [0.15, 0.2) is 18.2 Å². The van der Waals surface area contributed by atoms with Gasteiger partial charge in [0.25, 0.3) is 5.91 Å². The van der Waals surface area contributed by atoms with Gasteiger partial charge in [0.05, 0.1) is 0 Å². The van der Waals surface area contributed by atoms with Gasteiger partial charge in [-0.3, -0.25) is 9.69 Å². The van der Waals surface area contributed by atoms with Gasteiger partial charge in [-0.2, -0.15) is 15.4 Å². The molecule has 21 heavy (non-hydrogen) atoms. The Hall–Kier alpha value is -1.95. The molecular weight excluding hydrogens is 266 g/mol. The fourth-order valence-corrected chi connectivity index (χ4v) is 3.20. The smallest absolute Gasteiger partial charge is 0.254 e. The summed E-state index contributed by atoms with van der Waals surface area (Å²) in [6, 6.07) is 6.54. The minimum Gasteiger partial charge on any atom is -0.333 e. The summed E-state index contributed by atoms with van der Waals surface area (Å²) in [6.07, 6.45) is 2.65. The van der Waals surface area contributed by atoms with Crippen LogP contribution in [-0.4, -0.2) is 62.8 Å². The average Bonchev–Trinajstić information content (AvgIpc) is 3.24. The number of carbonyl (C=O) groups excluding carboxylic acids is 1. The highest BCUT2D eigenvalue weighted by Gasteiger charge is 2.35. The van der Waals surface area contributed by atoms with Crippen molar-refractivity contribution in [2.24, 2.45) is 0 Å². The number of H-pyrrole nitrogens is 1. The number of piperazine rings is 1. The average molecular weight is 285 g/mol. The Balaban J connectivity index is 1.53. The topological polar surface area (TPSA) is 65.1 Å². The normalized spacial score (nSPS) is 23.7. The molecule has 1 amide bonds. The number of nitrogens with one attached hydrogen (secondary N) is 1. The molecule has 1 saturated heterocycles. The molecule has 1 atom stereocenters. The molecule has 2 fully saturated rings. The van der Waals surface area contributed by atoms with Crippen LogP contribution in [0.4, 0.5) is 0 Å². The van der Waals surface area contributed by atoms with E-state index in [2.05, 4.69) is 27.2 Å². The predicted molar refractivity (Wildman–Crippen MR) is 79.0 cm³/mol. The largest absolute Gasteiger partial charge is 0.333 e. The molecule has 1 saturated carbocycles. The Morgan fingerprint density at radius 1 is 1.24 bits per heavy atom. The van der Waals surface area contributed by atoms with E-state index in [4.69, 9.17) is 0 Å². The summed E-state index contributed by atoms with van der Waals surface area (Å²) in [5, 5.41) is 10.7. The van der Waals surface area contributed by atoms with Crippen molar-refractivity contribution in [2.45, 2.75) is 31.8 Å². The number of nitrogens with zero attached hydrogens (tertiary/aromatic N) is 4. The molecule has 110 valence electrons. The lowest BCUT2D eigenvalue weighted by molar-refractivity contribution is 0.0474. The fraction of sp³-hybridized carbons (Fsp3) is 0.533. The van der Waals surface area contributed by atoms with E-state index in [1.165, 1.54) is 12.8 Å². The predicted octanol–water partition coefficient (Wildman–Crippen LogP) is 1.27. The van der Waals surface area contributed by atoms with E-state index in [-0.39, 0.29) is 11.9 Å². The van der Waals surface area contributed by atoms with Crippen LogP contribution in [0.5, 0.6) is 0 Å². The number of amides is 1. The Labute approximate surface area is 123 Å². The summed E-state index contributed by atoms with van der Waals surface area (Å²) in [5.74, 6) is 0.0999. The summed E-state index contributed by atoms with van der Waals surface area (Å²) in [6.45, 7) is 4.93. The van der Waals surface area contributed by atoms with E-state index in [1.54, 1.807) is 0 Å². The standard InChI is InChI=1S/C15H19N5O/c1-10-9-19(12-3-4-12)6-7-20(10)15(21)11-2-5-13-14(8-11)17-18-16-13/h2,5,8,10,12H,3-4,6-7,9H2,1H3,(H,16,17,18). The highest BCUT2D eigenvalue weighted by Crippen LogP contribution is 2.29. The Morgan fingerprint density at radius 2 is 2.05 bits per heavy atom. The van der Waals surface area contributed by atoms with Crippen molar-refractivity contribution < 1.29 is 4.79 Å². The Bertz CT molecular complexity index is 678. The van der Waals surface area contributed by atoms with Gasteiger partial charge in [-0.05, 0) is 38.0 Å². The Morgan fingerprint density at radius 3 is 2.81 bits per heavy atom. The number of hydrogen-bond acceptors (Lipinski definition) is 4. The molecule has 1 unspecified atom stereocenters.